The van der Waals surface area contributed by atoms with E-state index in [0.29, 0.717) is 25.3 Å². The summed E-state index contributed by atoms with van der Waals surface area (Å²) in [7, 11) is -3.11. The maximum Gasteiger partial charge on any atom is 0.290 e. The fourth-order valence-corrected chi connectivity index (χ4v) is 7.21. The van der Waals surface area contributed by atoms with Gasteiger partial charge < -0.3 is 9.64 Å². The van der Waals surface area contributed by atoms with Gasteiger partial charge in [-0.3, -0.25) is 4.79 Å². The van der Waals surface area contributed by atoms with E-state index in [0.717, 1.165) is 26.7 Å². The first-order valence-electron chi connectivity index (χ1n) is 9.54. The Labute approximate surface area is 179 Å². The Bertz CT molecular complexity index is 1030. The summed E-state index contributed by atoms with van der Waals surface area (Å²) in [6.45, 7) is 2.89. The van der Waals surface area contributed by atoms with Gasteiger partial charge in [0.2, 0.25) is 0 Å². The van der Waals surface area contributed by atoms with Crippen molar-refractivity contribution in [2.24, 2.45) is 0 Å². The molecular weight excluding hydrogens is 426 g/mol. The Morgan fingerprint density at radius 1 is 1.24 bits per heavy atom. The Morgan fingerprint density at radius 3 is 2.69 bits per heavy atom. The Hall–Kier alpha value is -1.77. The van der Waals surface area contributed by atoms with Crippen molar-refractivity contribution >= 4 is 43.7 Å². The van der Waals surface area contributed by atoms with E-state index in [1.165, 1.54) is 0 Å². The molecule has 5 nitrogen and oxygen atoms in total. The van der Waals surface area contributed by atoms with E-state index in [4.69, 9.17) is 4.74 Å². The van der Waals surface area contributed by atoms with Crippen molar-refractivity contribution in [1.82, 2.24) is 4.90 Å². The van der Waals surface area contributed by atoms with Crippen molar-refractivity contribution in [3.8, 4) is 0 Å². The zero-order chi connectivity index (χ0) is 20.4. The highest BCUT2D eigenvalue weighted by atomic mass is 32.2. The second-order valence-corrected chi connectivity index (χ2v) is 11.6. The Kier molecular flexibility index (Phi) is 6.03. The summed E-state index contributed by atoms with van der Waals surface area (Å²) in [6.07, 6.45) is 0.472. The molecule has 1 amide bonds. The molecule has 2 aliphatic heterocycles. The van der Waals surface area contributed by atoms with Crippen LogP contribution in [0.5, 0.6) is 0 Å². The largest absolute Gasteiger partial charge is 0.486 e. The molecule has 0 saturated carbocycles. The number of hydrogen-bond donors (Lipinski definition) is 0. The predicted molar refractivity (Wildman–Crippen MR) is 118 cm³/mol. The van der Waals surface area contributed by atoms with Crippen LogP contribution in [0.1, 0.15) is 22.4 Å². The Morgan fingerprint density at radius 2 is 2.03 bits per heavy atom. The van der Waals surface area contributed by atoms with Crippen molar-refractivity contribution < 1.29 is 17.9 Å². The minimum atomic E-state index is -3.11. The van der Waals surface area contributed by atoms with Crippen LogP contribution in [0.3, 0.4) is 0 Å². The number of carbonyl (C=O) groups excluding carboxylic acids is 1. The molecule has 0 aliphatic carbocycles. The molecule has 1 atom stereocenters. The molecule has 1 fully saturated rings. The van der Waals surface area contributed by atoms with E-state index in [-0.39, 0.29) is 23.5 Å². The number of carbonyl (C=O) groups is 1. The number of ether oxygens (including phenoxy) is 1. The molecule has 1 saturated heterocycles. The second-order valence-electron chi connectivity index (χ2n) is 7.24. The van der Waals surface area contributed by atoms with Gasteiger partial charge in [-0.2, -0.15) is 0 Å². The maximum atomic E-state index is 13.7. The van der Waals surface area contributed by atoms with Gasteiger partial charge in [0, 0.05) is 16.7 Å². The number of aryl methyl sites for hydroxylation is 1. The first-order chi connectivity index (χ1) is 13.9. The molecule has 8 heteroatoms. The third kappa shape index (κ3) is 4.54. The molecular formula is C21H23NO4S3. The van der Waals surface area contributed by atoms with Crippen LogP contribution in [0.2, 0.25) is 0 Å². The minimum absolute atomic E-state index is 0.0181. The zero-order valence-corrected chi connectivity index (χ0v) is 18.6. The van der Waals surface area contributed by atoms with E-state index in [9.17, 15) is 13.2 Å². The molecule has 1 unspecified atom stereocenters. The first-order valence-corrected chi connectivity index (χ1v) is 13.2. The summed E-state index contributed by atoms with van der Waals surface area (Å²) in [5.74, 6) is 1.05. The van der Waals surface area contributed by atoms with Crippen LogP contribution in [0.25, 0.3) is 4.91 Å². The van der Waals surface area contributed by atoms with E-state index in [1.807, 2.05) is 48.7 Å². The lowest BCUT2D eigenvalue weighted by molar-refractivity contribution is -0.133. The maximum absolute atomic E-state index is 13.7. The lowest BCUT2D eigenvalue weighted by atomic mass is 10.1. The van der Waals surface area contributed by atoms with E-state index in [1.54, 1.807) is 28.0 Å². The van der Waals surface area contributed by atoms with Gasteiger partial charge in [0.15, 0.2) is 15.6 Å². The van der Waals surface area contributed by atoms with Crippen molar-refractivity contribution in [2.45, 2.75) is 25.9 Å². The number of thiophene rings is 1. The first kappa shape index (κ1) is 20.5. The van der Waals surface area contributed by atoms with Crippen molar-refractivity contribution in [3.05, 3.63) is 63.5 Å². The normalized spacial score (nSPS) is 21.1. The Balaban J connectivity index is 1.71. The standard InChI is InChI=1S/C21H23NO4S3/c1-15-7-10-27-18(15)13-22(17-8-12-29(24,25)14-17)21(23)19-20(28-11-9-26-19)16-5-3-2-4-6-16/h2-7,10,17H,8-9,11-14H2,1H3. The lowest BCUT2D eigenvalue weighted by Crippen LogP contribution is -2.42. The SMILES string of the molecule is Cc1ccsc1CN(C(=O)C1=C(c2ccccc2)SCCO1)C1CCS(=O)(=O)C1. The zero-order valence-electron chi connectivity index (χ0n) is 16.2. The summed E-state index contributed by atoms with van der Waals surface area (Å²) in [5, 5.41) is 2.00. The smallest absolute Gasteiger partial charge is 0.290 e. The van der Waals surface area contributed by atoms with Crippen LogP contribution in [0, 0.1) is 6.92 Å². The van der Waals surface area contributed by atoms with Gasteiger partial charge in [-0.1, -0.05) is 30.3 Å². The van der Waals surface area contributed by atoms with Gasteiger partial charge in [-0.15, -0.1) is 23.1 Å². The number of benzene rings is 1. The summed E-state index contributed by atoms with van der Waals surface area (Å²) in [6, 6.07) is 11.5. The fourth-order valence-electron chi connectivity index (χ4n) is 3.62. The van der Waals surface area contributed by atoms with Gasteiger partial charge in [0.25, 0.3) is 5.91 Å². The molecule has 1 aromatic carbocycles. The molecule has 0 radical (unpaired) electrons. The topological polar surface area (TPSA) is 63.7 Å². The van der Waals surface area contributed by atoms with Crippen LogP contribution >= 0.6 is 23.1 Å². The van der Waals surface area contributed by atoms with Gasteiger partial charge >= 0.3 is 0 Å². The van der Waals surface area contributed by atoms with Gasteiger partial charge in [0.1, 0.15) is 0 Å². The number of amides is 1. The van der Waals surface area contributed by atoms with Gasteiger partial charge in [-0.25, -0.2) is 8.42 Å². The van der Waals surface area contributed by atoms with Crippen molar-refractivity contribution in [3.63, 3.8) is 0 Å². The van der Waals surface area contributed by atoms with Crippen LogP contribution in [-0.2, 0) is 25.9 Å². The van der Waals surface area contributed by atoms with Crippen LogP contribution < -0.4 is 0 Å². The highest BCUT2D eigenvalue weighted by Gasteiger charge is 2.38. The molecule has 1 aromatic heterocycles. The van der Waals surface area contributed by atoms with Gasteiger partial charge in [0.05, 0.1) is 29.6 Å². The number of nitrogens with zero attached hydrogens (tertiary/aromatic N) is 1. The third-order valence-corrected chi connectivity index (χ3v) is 9.04. The molecule has 2 aliphatic rings. The number of hydrogen-bond acceptors (Lipinski definition) is 6. The van der Waals surface area contributed by atoms with Crippen molar-refractivity contribution in [2.75, 3.05) is 23.9 Å². The number of sulfone groups is 1. The quantitative estimate of drug-likeness (QED) is 0.696. The highest BCUT2D eigenvalue weighted by Crippen LogP contribution is 2.36. The summed E-state index contributed by atoms with van der Waals surface area (Å²) >= 11 is 3.21. The predicted octanol–water partition coefficient (Wildman–Crippen LogP) is 3.70. The highest BCUT2D eigenvalue weighted by molar-refractivity contribution is 8.08. The molecule has 154 valence electrons. The van der Waals surface area contributed by atoms with Gasteiger partial charge in [-0.05, 0) is 35.9 Å². The third-order valence-electron chi connectivity index (χ3n) is 5.20. The average molecular weight is 450 g/mol. The molecule has 2 aromatic rings. The van der Waals surface area contributed by atoms with Crippen molar-refractivity contribution in [1.29, 1.82) is 0 Å². The average Bonchev–Trinajstić information content (AvgIpc) is 3.30. The van der Waals surface area contributed by atoms with E-state index < -0.39 is 9.84 Å². The summed E-state index contributed by atoms with van der Waals surface area (Å²) < 4.78 is 30.1. The number of rotatable bonds is 5. The van der Waals surface area contributed by atoms with Crippen LogP contribution in [0.4, 0.5) is 0 Å². The monoisotopic (exact) mass is 449 g/mol. The van der Waals surface area contributed by atoms with E-state index in [2.05, 4.69) is 0 Å². The molecule has 0 bridgehead atoms. The molecule has 0 N–H and O–H groups in total. The van der Waals surface area contributed by atoms with Crippen LogP contribution in [0.15, 0.2) is 47.5 Å². The lowest BCUT2D eigenvalue weighted by Gasteiger charge is -2.31. The molecule has 3 heterocycles. The molecule has 4 rings (SSSR count). The molecule has 0 spiro atoms. The minimum Gasteiger partial charge on any atom is -0.486 e. The van der Waals surface area contributed by atoms with Crippen LogP contribution in [-0.4, -0.2) is 49.1 Å². The number of thioether (sulfide) groups is 1. The fraction of sp³-hybridized carbons (Fsp3) is 0.381. The van der Waals surface area contributed by atoms with E-state index >= 15 is 0 Å². The summed E-state index contributed by atoms with van der Waals surface area (Å²) in [4.78, 5) is 17.3. The molecule has 29 heavy (non-hydrogen) atoms. The summed E-state index contributed by atoms with van der Waals surface area (Å²) in [5.41, 5.74) is 2.07. The second kappa shape index (κ2) is 8.53.